The van der Waals surface area contributed by atoms with Gasteiger partial charge in [-0.1, -0.05) is 30.3 Å². The van der Waals surface area contributed by atoms with Crippen LogP contribution in [-0.4, -0.2) is 12.6 Å². The quantitative estimate of drug-likeness (QED) is 0.817. The van der Waals surface area contributed by atoms with Gasteiger partial charge in [-0.05, 0) is 30.9 Å². The van der Waals surface area contributed by atoms with Crippen molar-refractivity contribution < 1.29 is 4.74 Å². The molecule has 0 spiro atoms. The minimum atomic E-state index is 0.00713. The summed E-state index contributed by atoms with van der Waals surface area (Å²) in [4.78, 5) is 0. The van der Waals surface area contributed by atoms with Gasteiger partial charge in [-0.25, -0.2) is 0 Å². The molecular formula is C13H17NO. The fraction of sp³-hybridized carbons (Fsp3) is 0.385. The zero-order chi connectivity index (χ0) is 10.5. The topological polar surface area (TPSA) is 35.2 Å². The Morgan fingerprint density at radius 2 is 2.07 bits per heavy atom. The Labute approximate surface area is 90.7 Å². The summed E-state index contributed by atoms with van der Waals surface area (Å²) < 4.78 is 5.55. The number of hydrogen-bond donors (Lipinski definition) is 1. The van der Waals surface area contributed by atoms with Gasteiger partial charge in [0.2, 0.25) is 0 Å². The van der Waals surface area contributed by atoms with Crippen LogP contribution in [0.1, 0.15) is 18.4 Å². The maximum absolute atomic E-state index is 6.09. The molecule has 80 valence electrons. The molecule has 1 aromatic carbocycles. The summed E-state index contributed by atoms with van der Waals surface area (Å²) in [5.74, 6) is 0.963. The first-order valence-corrected chi connectivity index (χ1v) is 5.48. The van der Waals surface area contributed by atoms with Crippen molar-refractivity contribution in [3.63, 3.8) is 0 Å². The van der Waals surface area contributed by atoms with Crippen LogP contribution in [0.2, 0.25) is 0 Å². The molecule has 0 radical (unpaired) electrons. The first-order chi connectivity index (χ1) is 7.36. The molecule has 2 heteroatoms. The summed E-state index contributed by atoms with van der Waals surface area (Å²) >= 11 is 0. The fourth-order valence-corrected chi connectivity index (χ4v) is 1.80. The molecule has 2 N–H and O–H groups in total. The zero-order valence-electron chi connectivity index (χ0n) is 8.86. The van der Waals surface area contributed by atoms with Crippen molar-refractivity contribution in [1.29, 1.82) is 0 Å². The minimum absolute atomic E-state index is 0.00713. The predicted molar refractivity (Wildman–Crippen MR) is 61.4 cm³/mol. The highest BCUT2D eigenvalue weighted by Crippen LogP contribution is 2.15. The second-order valence-corrected chi connectivity index (χ2v) is 3.89. The average molecular weight is 203 g/mol. The first-order valence-electron chi connectivity index (χ1n) is 5.48. The van der Waals surface area contributed by atoms with Crippen LogP contribution >= 0.6 is 0 Å². The van der Waals surface area contributed by atoms with Gasteiger partial charge in [0.05, 0.1) is 12.6 Å². The maximum Gasteiger partial charge on any atom is 0.109 e. The number of hydrogen-bond acceptors (Lipinski definition) is 2. The van der Waals surface area contributed by atoms with E-state index in [0.29, 0.717) is 0 Å². The first kappa shape index (κ1) is 10.2. The van der Waals surface area contributed by atoms with Gasteiger partial charge in [0, 0.05) is 0 Å². The lowest BCUT2D eigenvalue weighted by Crippen LogP contribution is -2.28. The molecule has 1 atom stereocenters. The molecule has 0 fully saturated rings. The van der Waals surface area contributed by atoms with E-state index < -0.39 is 0 Å². The van der Waals surface area contributed by atoms with Gasteiger partial charge in [0.25, 0.3) is 0 Å². The molecule has 1 heterocycles. The Kier molecular flexibility index (Phi) is 3.41. The van der Waals surface area contributed by atoms with Crippen LogP contribution < -0.4 is 5.73 Å². The summed E-state index contributed by atoms with van der Waals surface area (Å²) in [5, 5.41) is 0. The van der Waals surface area contributed by atoms with Gasteiger partial charge < -0.3 is 10.5 Å². The summed E-state index contributed by atoms with van der Waals surface area (Å²) in [5.41, 5.74) is 7.35. The molecule has 0 amide bonds. The molecule has 15 heavy (non-hydrogen) atoms. The molecule has 0 saturated carbocycles. The zero-order valence-corrected chi connectivity index (χ0v) is 8.86. The summed E-state index contributed by atoms with van der Waals surface area (Å²) in [6.07, 6.45) is 5.18. The van der Waals surface area contributed by atoms with E-state index in [1.54, 1.807) is 0 Å². The predicted octanol–water partition coefficient (Wildman–Crippen LogP) is 2.25. The van der Waals surface area contributed by atoms with E-state index in [0.717, 1.165) is 31.6 Å². The number of ether oxygens (including phenoxy) is 1. The van der Waals surface area contributed by atoms with Crippen LogP contribution in [0.5, 0.6) is 0 Å². The third-order valence-electron chi connectivity index (χ3n) is 2.63. The summed E-state index contributed by atoms with van der Waals surface area (Å²) in [7, 11) is 0. The van der Waals surface area contributed by atoms with E-state index in [-0.39, 0.29) is 6.04 Å². The Balaban J connectivity index is 1.97. The molecule has 0 aliphatic carbocycles. The standard InChI is InChI=1S/C13H17NO/c14-12(13-8-4-5-9-15-13)10-11-6-2-1-3-7-11/h1-3,6-8,12H,4-5,9-10,14H2. The molecule has 1 unspecified atom stereocenters. The number of allylic oxidation sites excluding steroid dienone is 1. The third-order valence-corrected chi connectivity index (χ3v) is 2.63. The van der Waals surface area contributed by atoms with Gasteiger partial charge in [0.15, 0.2) is 0 Å². The smallest absolute Gasteiger partial charge is 0.109 e. The summed E-state index contributed by atoms with van der Waals surface area (Å²) in [6.45, 7) is 0.814. The molecule has 2 nitrogen and oxygen atoms in total. The van der Waals surface area contributed by atoms with Gasteiger partial charge in [-0.15, -0.1) is 0 Å². The van der Waals surface area contributed by atoms with E-state index in [4.69, 9.17) is 10.5 Å². The van der Waals surface area contributed by atoms with Crippen molar-refractivity contribution >= 4 is 0 Å². The molecule has 0 bridgehead atoms. The van der Waals surface area contributed by atoms with Crippen molar-refractivity contribution in [2.75, 3.05) is 6.61 Å². The number of rotatable bonds is 3. The SMILES string of the molecule is NC(Cc1ccccc1)C1=CCCCO1. The summed E-state index contributed by atoms with van der Waals surface area (Å²) in [6, 6.07) is 10.3. The van der Waals surface area contributed by atoms with E-state index in [9.17, 15) is 0 Å². The van der Waals surface area contributed by atoms with Crippen LogP contribution in [-0.2, 0) is 11.2 Å². The lowest BCUT2D eigenvalue weighted by Gasteiger charge is -2.20. The fourth-order valence-electron chi connectivity index (χ4n) is 1.80. The van der Waals surface area contributed by atoms with Crippen LogP contribution in [0.3, 0.4) is 0 Å². The highest BCUT2D eigenvalue weighted by atomic mass is 16.5. The Bertz CT molecular complexity index is 332. The number of benzene rings is 1. The molecule has 1 aromatic rings. The third kappa shape index (κ3) is 2.83. The molecule has 0 aromatic heterocycles. The van der Waals surface area contributed by atoms with Crippen LogP contribution in [0.4, 0.5) is 0 Å². The maximum atomic E-state index is 6.09. The van der Waals surface area contributed by atoms with Crippen molar-refractivity contribution in [3.05, 3.63) is 47.7 Å². The monoisotopic (exact) mass is 203 g/mol. The van der Waals surface area contributed by atoms with Crippen LogP contribution in [0.25, 0.3) is 0 Å². The second-order valence-electron chi connectivity index (χ2n) is 3.89. The van der Waals surface area contributed by atoms with Gasteiger partial charge in [-0.2, -0.15) is 0 Å². The Hall–Kier alpha value is -1.28. The van der Waals surface area contributed by atoms with Crippen LogP contribution in [0, 0.1) is 0 Å². The second kappa shape index (κ2) is 4.99. The highest BCUT2D eigenvalue weighted by molar-refractivity contribution is 5.19. The molecule has 0 saturated heterocycles. The van der Waals surface area contributed by atoms with Crippen molar-refractivity contribution in [2.45, 2.75) is 25.3 Å². The largest absolute Gasteiger partial charge is 0.497 e. The average Bonchev–Trinajstić information content (AvgIpc) is 2.31. The molecule has 2 rings (SSSR count). The lowest BCUT2D eigenvalue weighted by molar-refractivity contribution is 0.175. The van der Waals surface area contributed by atoms with E-state index in [1.165, 1.54) is 5.56 Å². The minimum Gasteiger partial charge on any atom is -0.497 e. The van der Waals surface area contributed by atoms with Crippen molar-refractivity contribution in [2.24, 2.45) is 5.73 Å². The van der Waals surface area contributed by atoms with E-state index in [2.05, 4.69) is 18.2 Å². The van der Waals surface area contributed by atoms with Crippen molar-refractivity contribution in [1.82, 2.24) is 0 Å². The van der Waals surface area contributed by atoms with E-state index in [1.807, 2.05) is 18.2 Å². The van der Waals surface area contributed by atoms with E-state index >= 15 is 0 Å². The van der Waals surface area contributed by atoms with Gasteiger partial charge in [0.1, 0.15) is 5.76 Å². The Morgan fingerprint density at radius 1 is 1.27 bits per heavy atom. The highest BCUT2D eigenvalue weighted by Gasteiger charge is 2.13. The Morgan fingerprint density at radius 3 is 2.73 bits per heavy atom. The van der Waals surface area contributed by atoms with Crippen LogP contribution in [0.15, 0.2) is 42.2 Å². The van der Waals surface area contributed by atoms with Gasteiger partial charge in [-0.3, -0.25) is 0 Å². The molecular weight excluding hydrogens is 186 g/mol. The van der Waals surface area contributed by atoms with Crippen molar-refractivity contribution in [3.8, 4) is 0 Å². The van der Waals surface area contributed by atoms with Gasteiger partial charge >= 0.3 is 0 Å². The molecule has 1 aliphatic rings. The number of nitrogens with two attached hydrogens (primary N) is 1. The lowest BCUT2D eigenvalue weighted by atomic mass is 10.0. The normalized spacial score (nSPS) is 17.8. The molecule has 1 aliphatic heterocycles.